The lowest BCUT2D eigenvalue weighted by Gasteiger charge is -2.09. The first-order valence-corrected chi connectivity index (χ1v) is 10.6. The molecule has 0 spiro atoms. The molecule has 32 heavy (non-hydrogen) atoms. The van der Waals surface area contributed by atoms with Crippen LogP contribution in [-0.2, 0) is 11.2 Å². The highest BCUT2D eigenvalue weighted by atomic mass is 16.5. The van der Waals surface area contributed by atoms with Crippen LogP contribution in [0.3, 0.4) is 0 Å². The van der Waals surface area contributed by atoms with E-state index in [-0.39, 0.29) is 12.0 Å². The molecule has 1 aromatic heterocycles. The molecule has 0 fully saturated rings. The topological polar surface area (TPSA) is 69.0 Å². The summed E-state index contributed by atoms with van der Waals surface area (Å²) in [6.07, 6.45) is 0.304. The van der Waals surface area contributed by atoms with Crippen molar-refractivity contribution in [2.75, 3.05) is 5.32 Å². The molecule has 0 aliphatic heterocycles. The molecule has 0 atom stereocenters. The Labute approximate surface area is 187 Å². The van der Waals surface area contributed by atoms with Gasteiger partial charge in [-0.2, -0.15) is 4.98 Å². The summed E-state index contributed by atoms with van der Waals surface area (Å²) in [5, 5.41) is 7.51. The highest BCUT2D eigenvalue weighted by Crippen LogP contribution is 2.25. The quantitative estimate of drug-likeness (QED) is 0.440. The van der Waals surface area contributed by atoms with Gasteiger partial charge in [0.1, 0.15) is 0 Å². The molecule has 3 aromatic carbocycles. The van der Waals surface area contributed by atoms with E-state index in [1.54, 1.807) is 4.68 Å². The number of carbonyl (C=O) groups is 1. The van der Waals surface area contributed by atoms with Crippen molar-refractivity contribution in [3.8, 4) is 23.1 Å². The van der Waals surface area contributed by atoms with Gasteiger partial charge in [0, 0.05) is 11.3 Å². The Morgan fingerprint density at radius 1 is 0.969 bits per heavy atom. The first-order chi connectivity index (χ1) is 15.5. The summed E-state index contributed by atoms with van der Waals surface area (Å²) in [7, 11) is 0. The van der Waals surface area contributed by atoms with Crippen molar-refractivity contribution in [3.05, 3.63) is 90.0 Å². The van der Waals surface area contributed by atoms with Crippen molar-refractivity contribution in [3.63, 3.8) is 0 Å². The number of nitrogens with one attached hydrogen (secondary N) is 1. The molecular weight excluding hydrogens is 400 g/mol. The number of aryl methyl sites for hydroxylation is 1. The van der Waals surface area contributed by atoms with Crippen LogP contribution in [0.15, 0.2) is 78.9 Å². The zero-order valence-corrected chi connectivity index (χ0v) is 18.4. The number of hydrogen-bond donors (Lipinski definition) is 1. The van der Waals surface area contributed by atoms with Crippen molar-refractivity contribution in [2.24, 2.45) is 0 Å². The first-order valence-electron chi connectivity index (χ1n) is 10.6. The molecule has 162 valence electrons. The standard InChI is InChI=1S/C26H26N4O2/c1-18(2)32-26-28-25(21-11-9-19(3)10-12-21)30(29-26)23-15-13-22(14-16-23)27-24(31)17-20-7-5-4-6-8-20/h4-16,18H,17H2,1-3H3,(H,27,31). The molecule has 1 N–H and O–H groups in total. The third kappa shape index (κ3) is 5.21. The molecule has 1 amide bonds. The van der Waals surface area contributed by atoms with E-state index in [4.69, 9.17) is 4.74 Å². The maximum absolute atomic E-state index is 12.4. The summed E-state index contributed by atoms with van der Waals surface area (Å²) in [5.74, 6) is 0.638. The van der Waals surface area contributed by atoms with Crippen molar-refractivity contribution in [1.82, 2.24) is 14.8 Å². The largest absolute Gasteiger partial charge is 0.460 e. The van der Waals surface area contributed by atoms with Gasteiger partial charge < -0.3 is 10.1 Å². The fourth-order valence-corrected chi connectivity index (χ4v) is 3.30. The highest BCUT2D eigenvalue weighted by Gasteiger charge is 2.16. The zero-order valence-electron chi connectivity index (χ0n) is 18.4. The highest BCUT2D eigenvalue weighted by molar-refractivity contribution is 5.92. The zero-order chi connectivity index (χ0) is 22.5. The number of anilines is 1. The van der Waals surface area contributed by atoms with Gasteiger partial charge in [-0.05, 0) is 50.6 Å². The molecule has 1 heterocycles. The number of amides is 1. The maximum atomic E-state index is 12.4. The molecule has 4 aromatic rings. The second-order valence-corrected chi connectivity index (χ2v) is 7.92. The Morgan fingerprint density at radius 2 is 1.66 bits per heavy atom. The molecule has 0 saturated heterocycles. The molecule has 0 aliphatic carbocycles. The lowest BCUT2D eigenvalue weighted by molar-refractivity contribution is -0.115. The van der Waals surface area contributed by atoms with E-state index in [1.807, 2.05) is 99.6 Å². The molecule has 4 rings (SSSR count). The third-order valence-electron chi connectivity index (χ3n) is 4.84. The van der Waals surface area contributed by atoms with E-state index in [1.165, 1.54) is 5.56 Å². The summed E-state index contributed by atoms with van der Waals surface area (Å²) in [6.45, 7) is 5.94. The molecule has 0 aliphatic rings. The van der Waals surface area contributed by atoms with Gasteiger partial charge in [-0.3, -0.25) is 4.79 Å². The van der Waals surface area contributed by atoms with Crippen LogP contribution in [0, 0.1) is 6.92 Å². The van der Waals surface area contributed by atoms with E-state index >= 15 is 0 Å². The Kier molecular flexibility index (Phi) is 6.31. The van der Waals surface area contributed by atoms with Gasteiger partial charge in [0.05, 0.1) is 18.2 Å². The fraction of sp³-hybridized carbons (Fsp3) is 0.192. The van der Waals surface area contributed by atoms with Crippen molar-refractivity contribution in [2.45, 2.75) is 33.3 Å². The lowest BCUT2D eigenvalue weighted by atomic mass is 10.1. The molecule has 0 saturated carbocycles. The minimum atomic E-state index is -0.0577. The van der Waals surface area contributed by atoms with E-state index < -0.39 is 0 Å². The number of carbonyl (C=O) groups excluding carboxylic acids is 1. The number of aromatic nitrogens is 3. The van der Waals surface area contributed by atoms with Gasteiger partial charge in [-0.1, -0.05) is 60.2 Å². The number of benzene rings is 3. The minimum absolute atomic E-state index is 0.0288. The average Bonchev–Trinajstić information content (AvgIpc) is 3.18. The van der Waals surface area contributed by atoms with Gasteiger partial charge >= 0.3 is 6.01 Å². The lowest BCUT2D eigenvalue weighted by Crippen LogP contribution is -2.14. The third-order valence-corrected chi connectivity index (χ3v) is 4.84. The SMILES string of the molecule is Cc1ccc(-c2nc(OC(C)C)nn2-c2ccc(NC(=O)Cc3ccccc3)cc2)cc1. The van der Waals surface area contributed by atoms with E-state index in [2.05, 4.69) is 15.4 Å². The van der Waals surface area contributed by atoms with Gasteiger partial charge in [0.2, 0.25) is 5.91 Å². The molecule has 0 radical (unpaired) electrons. The predicted octanol–water partition coefficient (Wildman–Crippen LogP) is 5.21. The Morgan fingerprint density at radius 3 is 2.31 bits per heavy atom. The Bertz CT molecular complexity index is 1180. The summed E-state index contributed by atoms with van der Waals surface area (Å²) in [6, 6.07) is 25.7. The van der Waals surface area contributed by atoms with Crippen LogP contribution in [0.25, 0.3) is 17.1 Å². The fourth-order valence-electron chi connectivity index (χ4n) is 3.30. The number of ether oxygens (including phenoxy) is 1. The van der Waals surface area contributed by atoms with Crippen LogP contribution in [0.4, 0.5) is 5.69 Å². The molecule has 6 heteroatoms. The number of hydrogen-bond acceptors (Lipinski definition) is 4. The molecular formula is C26H26N4O2. The van der Waals surface area contributed by atoms with E-state index in [0.717, 1.165) is 22.5 Å². The smallest absolute Gasteiger partial charge is 0.336 e. The van der Waals surface area contributed by atoms with Gasteiger partial charge in [0.25, 0.3) is 0 Å². The van der Waals surface area contributed by atoms with Crippen LogP contribution in [0.2, 0.25) is 0 Å². The summed E-state index contributed by atoms with van der Waals surface area (Å²) >= 11 is 0. The monoisotopic (exact) mass is 426 g/mol. The Hall–Kier alpha value is -3.93. The van der Waals surface area contributed by atoms with Crippen molar-refractivity contribution >= 4 is 11.6 Å². The molecule has 0 bridgehead atoms. The van der Waals surface area contributed by atoms with Crippen LogP contribution in [0.1, 0.15) is 25.0 Å². The summed E-state index contributed by atoms with van der Waals surface area (Å²) in [5.41, 5.74) is 4.65. The molecule has 0 unspecified atom stereocenters. The minimum Gasteiger partial charge on any atom is -0.460 e. The van der Waals surface area contributed by atoms with Crippen LogP contribution in [0.5, 0.6) is 6.01 Å². The normalized spacial score (nSPS) is 10.9. The Balaban J connectivity index is 1.56. The molecule has 6 nitrogen and oxygen atoms in total. The van der Waals surface area contributed by atoms with E-state index in [9.17, 15) is 4.79 Å². The summed E-state index contributed by atoms with van der Waals surface area (Å²) < 4.78 is 7.50. The first kappa shape index (κ1) is 21.3. The predicted molar refractivity (Wildman–Crippen MR) is 126 cm³/mol. The van der Waals surface area contributed by atoms with Gasteiger partial charge in [0.15, 0.2) is 5.82 Å². The van der Waals surface area contributed by atoms with Crippen molar-refractivity contribution in [1.29, 1.82) is 0 Å². The second-order valence-electron chi connectivity index (χ2n) is 7.92. The average molecular weight is 427 g/mol. The van der Waals surface area contributed by atoms with Crippen molar-refractivity contribution < 1.29 is 9.53 Å². The van der Waals surface area contributed by atoms with Gasteiger partial charge in [-0.25, -0.2) is 4.68 Å². The maximum Gasteiger partial charge on any atom is 0.336 e. The number of rotatable bonds is 7. The van der Waals surface area contributed by atoms with Crippen LogP contribution >= 0.6 is 0 Å². The van der Waals surface area contributed by atoms with Crippen LogP contribution in [-0.4, -0.2) is 26.8 Å². The summed E-state index contributed by atoms with van der Waals surface area (Å²) in [4.78, 5) is 17.0. The van der Waals surface area contributed by atoms with Gasteiger partial charge in [-0.15, -0.1) is 5.10 Å². The second kappa shape index (κ2) is 9.47. The van der Waals surface area contributed by atoms with Crippen LogP contribution < -0.4 is 10.1 Å². The van der Waals surface area contributed by atoms with E-state index in [0.29, 0.717) is 18.3 Å². The number of nitrogens with zero attached hydrogens (tertiary/aromatic N) is 3.